The minimum Gasteiger partial charge on any atom is -0.508 e. The topological polar surface area (TPSA) is 46.2 Å². The summed E-state index contributed by atoms with van der Waals surface area (Å²) in [6.07, 6.45) is 0. The average molecular weight is 169 g/mol. The first-order chi connectivity index (χ1) is 5.65. The molecule has 0 spiro atoms. The number of phenols is 1. The Morgan fingerprint density at radius 2 is 2.25 bits per heavy atom. The summed E-state index contributed by atoms with van der Waals surface area (Å²) >= 11 is 0. The van der Waals surface area contributed by atoms with Gasteiger partial charge in [0.05, 0.1) is 6.04 Å². The fourth-order valence-corrected chi connectivity index (χ4v) is 1.05. The molecule has 0 saturated carbocycles. The molecule has 0 amide bonds. The Labute approximate surface area is 70.8 Å². The number of phenolic OH excluding ortho intramolecular Hbond substituents is 1. The highest BCUT2D eigenvalue weighted by atomic mass is 19.1. The molecule has 1 aromatic carbocycles. The van der Waals surface area contributed by atoms with Gasteiger partial charge in [0, 0.05) is 5.56 Å². The lowest BCUT2D eigenvalue weighted by Gasteiger charge is -2.09. The number of hydrogen-bond acceptors (Lipinski definition) is 2. The van der Waals surface area contributed by atoms with E-state index in [4.69, 9.17) is 5.73 Å². The van der Waals surface area contributed by atoms with Gasteiger partial charge in [0.15, 0.2) is 0 Å². The minimum absolute atomic E-state index is 0.0609. The van der Waals surface area contributed by atoms with Crippen LogP contribution < -0.4 is 5.73 Å². The first-order valence-corrected chi connectivity index (χ1v) is 3.76. The first-order valence-electron chi connectivity index (χ1n) is 3.76. The predicted molar refractivity (Wildman–Crippen MR) is 45.7 cm³/mol. The molecule has 3 heteroatoms. The van der Waals surface area contributed by atoms with E-state index in [1.54, 1.807) is 12.1 Å². The van der Waals surface area contributed by atoms with Gasteiger partial charge in [-0.05, 0) is 13.0 Å². The molecule has 0 radical (unpaired) electrons. The molecule has 3 N–H and O–H groups in total. The summed E-state index contributed by atoms with van der Waals surface area (Å²) in [4.78, 5) is 0. The average Bonchev–Trinajstić information content (AvgIpc) is 2.08. The van der Waals surface area contributed by atoms with Crippen molar-refractivity contribution in [1.82, 2.24) is 0 Å². The number of halogens is 1. The quantitative estimate of drug-likeness (QED) is 0.707. The largest absolute Gasteiger partial charge is 0.508 e. The zero-order chi connectivity index (χ0) is 9.14. The number of aryl methyl sites for hydroxylation is 1. The molecule has 0 heterocycles. The van der Waals surface area contributed by atoms with Crippen LogP contribution in [0.3, 0.4) is 0 Å². The molecule has 1 rings (SSSR count). The highest BCUT2D eigenvalue weighted by Gasteiger charge is 2.09. The third-order valence-corrected chi connectivity index (χ3v) is 1.75. The standard InChI is InChI=1S/C9H12FNO/c1-6-2-3-9(12)7(4-6)8(11)5-10/h2-4,8,12H,5,11H2,1H3/t8-/m1/s1. The van der Waals surface area contributed by atoms with Crippen LogP contribution in [-0.4, -0.2) is 11.8 Å². The predicted octanol–water partition coefficient (Wildman–Crippen LogP) is 1.67. The fourth-order valence-electron chi connectivity index (χ4n) is 1.05. The third kappa shape index (κ3) is 1.74. The van der Waals surface area contributed by atoms with E-state index < -0.39 is 12.7 Å². The van der Waals surface area contributed by atoms with E-state index in [1.165, 1.54) is 6.07 Å². The van der Waals surface area contributed by atoms with Gasteiger partial charge in [0.25, 0.3) is 0 Å². The maximum Gasteiger partial charge on any atom is 0.120 e. The second-order valence-corrected chi connectivity index (χ2v) is 2.82. The Morgan fingerprint density at radius 3 is 2.83 bits per heavy atom. The Bertz CT molecular complexity index is 275. The summed E-state index contributed by atoms with van der Waals surface area (Å²) in [5, 5.41) is 9.29. The van der Waals surface area contributed by atoms with Crippen molar-refractivity contribution >= 4 is 0 Å². The SMILES string of the molecule is Cc1ccc(O)c([C@H](N)CF)c1. The molecule has 12 heavy (non-hydrogen) atoms. The van der Waals surface area contributed by atoms with Crippen LogP contribution >= 0.6 is 0 Å². The molecule has 0 saturated heterocycles. The number of benzene rings is 1. The molecule has 1 aromatic rings. The molecule has 2 nitrogen and oxygen atoms in total. The van der Waals surface area contributed by atoms with E-state index >= 15 is 0 Å². The van der Waals surface area contributed by atoms with Crippen LogP contribution in [0.25, 0.3) is 0 Å². The molecule has 66 valence electrons. The third-order valence-electron chi connectivity index (χ3n) is 1.75. The molecular formula is C9H12FNO. The number of nitrogens with two attached hydrogens (primary N) is 1. The van der Waals surface area contributed by atoms with Crippen molar-refractivity contribution in [2.75, 3.05) is 6.67 Å². The van der Waals surface area contributed by atoms with E-state index in [-0.39, 0.29) is 5.75 Å². The summed E-state index contributed by atoms with van der Waals surface area (Å²) in [5.41, 5.74) is 6.86. The van der Waals surface area contributed by atoms with E-state index in [2.05, 4.69) is 0 Å². The molecule has 0 aromatic heterocycles. The zero-order valence-corrected chi connectivity index (χ0v) is 6.92. The van der Waals surface area contributed by atoms with Gasteiger partial charge in [-0.3, -0.25) is 0 Å². The molecular weight excluding hydrogens is 157 g/mol. The summed E-state index contributed by atoms with van der Waals surface area (Å²) in [5.74, 6) is 0.0609. The Kier molecular flexibility index (Phi) is 2.65. The summed E-state index contributed by atoms with van der Waals surface area (Å²) < 4.78 is 12.1. The van der Waals surface area contributed by atoms with Crippen molar-refractivity contribution in [2.24, 2.45) is 5.73 Å². The minimum atomic E-state index is -0.718. The van der Waals surface area contributed by atoms with Crippen molar-refractivity contribution in [3.8, 4) is 5.75 Å². The van der Waals surface area contributed by atoms with Crippen LogP contribution in [-0.2, 0) is 0 Å². The Hall–Kier alpha value is -1.09. The van der Waals surface area contributed by atoms with Crippen LogP contribution in [0.15, 0.2) is 18.2 Å². The smallest absolute Gasteiger partial charge is 0.120 e. The number of rotatable bonds is 2. The van der Waals surface area contributed by atoms with E-state index in [1.807, 2.05) is 6.92 Å². The lowest BCUT2D eigenvalue weighted by Crippen LogP contribution is -2.12. The maximum absolute atomic E-state index is 12.1. The van der Waals surface area contributed by atoms with E-state index in [0.717, 1.165) is 5.56 Å². The Balaban J connectivity index is 3.04. The lowest BCUT2D eigenvalue weighted by atomic mass is 10.1. The van der Waals surface area contributed by atoms with Gasteiger partial charge in [0.2, 0.25) is 0 Å². The van der Waals surface area contributed by atoms with Crippen molar-refractivity contribution < 1.29 is 9.50 Å². The second-order valence-electron chi connectivity index (χ2n) is 2.82. The van der Waals surface area contributed by atoms with Crippen LogP contribution in [0.1, 0.15) is 17.2 Å². The van der Waals surface area contributed by atoms with Crippen LogP contribution in [0.2, 0.25) is 0 Å². The molecule has 0 unspecified atom stereocenters. The van der Waals surface area contributed by atoms with Crippen molar-refractivity contribution in [2.45, 2.75) is 13.0 Å². The highest BCUT2D eigenvalue weighted by Crippen LogP contribution is 2.23. The number of alkyl halides is 1. The number of aromatic hydroxyl groups is 1. The number of hydrogen-bond donors (Lipinski definition) is 2. The Morgan fingerprint density at radius 1 is 1.58 bits per heavy atom. The zero-order valence-electron chi connectivity index (χ0n) is 6.92. The van der Waals surface area contributed by atoms with E-state index in [0.29, 0.717) is 5.56 Å². The monoisotopic (exact) mass is 169 g/mol. The summed E-state index contributed by atoms with van der Waals surface area (Å²) in [7, 11) is 0. The van der Waals surface area contributed by atoms with Crippen molar-refractivity contribution in [3.63, 3.8) is 0 Å². The summed E-state index contributed by atoms with van der Waals surface area (Å²) in [6, 6.07) is 4.26. The van der Waals surface area contributed by atoms with Crippen molar-refractivity contribution in [1.29, 1.82) is 0 Å². The molecule has 1 atom stereocenters. The van der Waals surface area contributed by atoms with Crippen LogP contribution in [0, 0.1) is 6.92 Å². The van der Waals surface area contributed by atoms with Gasteiger partial charge < -0.3 is 10.8 Å². The van der Waals surface area contributed by atoms with Crippen LogP contribution in [0.4, 0.5) is 4.39 Å². The van der Waals surface area contributed by atoms with Crippen molar-refractivity contribution in [3.05, 3.63) is 29.3 Å². The van der Waals surface area contributed by atoms with Crippen LogP contribution in [0.5, 0.6) is 5.75 Å². The van der Waals surface area contributed by atoms with Gasteiger partial charge in [-0.15, -0.1) is 0 Å². The maximum atomic E-state index is 12.1. The fraction of sp³-hybridized carbons (Fsp3) is 0.333. The summed E-state index contributed by atoms with van der Waals surface area (Å²) in [6.45, 7) is 1.21. The molecule has 0 aliphatic carbocycles. The molecule has 0 aliphatic rings. The first kappa shape index (κ1) is 9.00. The normalized spacial score (nSPS) is 12.9. The van der Waals surface area contributed by atoms with E-state index in [9.17, 15) is 9.50 Å². The van der Waals surface area contributed by atoms with Gasteiger partial charge >= 0.3 is 0 Å². The molecule has 0 bridgehead atoms. The van der Waals surface area contributed by atoms with Gasteiger partial charge in [-0.25, -0.2) is 4.39 Å². The molecule has 0 aliphatic heterocycles. The molecule has 0 fully saturated rings. The van der Waals surface area contributed by atoms with Gasteiger partial charge in [0.1, 0.15) is 12.4 Å². The highest BCUT2D eigenvalue weighted by molar-refractivity contribution is 5.37. The lowest BCUT2D eigenvalue weighted by molar-refractivity contribution is 0.414. The van der Waals surface area contributed by atoms with Gasteiger partial charge in [-0.1, -0.05) is 17.7 Å². The van der Waals surface area contributed by atoms with Gasteiger partial charge in [-0.2, -0.15) is 0 Å². The second kappa shape index (κ2) is 3.54.